The average Bonchev–Trinajstić information content (AvgIpc) is 2.49. The quantitative estimate of drug-likeness (QED) is 0.750. The van der Waals surface area contributed by atoms with Gasteiger partial charge in [-0.2, -0.15) is 5.10 Å². The molecule has 13 heavy (non-hydrogen) atoms. The van der Waals surface area contributed by atoms with Gasteiger partial charge in [0.05, 0.1) is 6.54 Å². The van der Waals surface area contributed by atoms with Crippen LogP contribution >= 0.6 is 0 Å². The van der Waals surface area contributed by atoms with Crippen molar-refractivity contribution in [3.05, 3.63) is 12.2 Å². The van der Waals surface area contributed by atoms with Gasteiger partial charge in [-0.25, -0.2) is 9.67 Å². The van der Waals surface area contributed by atoms with Gasteiger partial charge in [0, 0.05) is 12.6 Å². The maximum absolute atomic E-state index is 4.21. The van der Waals surface area contributed by atoms with Crippen molar-refractivity contribution in [3.63, 3.8) is 0 Å². The summed E-state index contributed by atoms with van der Waals surface area (Å²) < 4.78 is 1.94. The fraction of sp³-hybridized carbons (Fsp3) is 0.778. The minimum absolute atomic E-state index is 0.724. The molecule has 0 atom stereocenters. The highest BCUT2D eigenvalue weighted by atomic mass is 15.3. The Hall–Kier alpha value is -0.900. The molecule has 0 spiro atoms. The van der Waals surface area contributed by atoms with E-state index in [1.54, 1.807) is 6.33 Å². The molecule has 0 saturated heterocycles. The van der Waals surface area contributed by atoms with Gasteiger partial charge in [-0.3, -0.25) is 0 Å². The van der Waals surface area contributed by atoms with Crippen LogP contribution in [0.4, 0.5) is 0 Å². The SMILES string of the molecule is CCn1ncnc1CNC1CCC1. The summed E-state index contributed by atoms with van der Waals surface area (Å²) in [4.78, 5) is 4.21. The van der Waals surface area contributed by atoms with Crippen molar-refractivity contribution in [2.45, 2.75) is 45.3 Å². The molecule has 1 heterocycles. The van der Waals surface area contributed by atoms with Gasteiger partial charge in [0.1, 0.15) is 12.2 Å². The molecule has 0 aromatic carbocycles. The lowest BCUT2D eigenvalue weighted by Gasteiger charge is -2.26. The Morgan fingerprint density at radius 3 is 3.08 bits per heavy atom. The van der Waals surface area contributed by atoms with Crippen LogP contribution in [-0.2, 0) is 13.1 Å². The minimum Gasteiger partial charge on any atom is -0.307 e. The lowest BCUT2D eigenvalue weighted by Crippen LogP contribution is -2.35. The summed E-state index contributed by atoms with van der Waals surface area (Å²) in [6.07, 6.45) is 5.64. The summed E-state index contributed by atoms with van der Waals surface area (Å²) in [5.74, 6) is 1.05. The van der Waals surface area contributed by atoms with E-state index in [2.05, 4.69) is 22.3 Å². The predicted molar refractivity (Wildman–Crippen MR) is 50.2 cm³/mol. The number of nitrogens with one attached hydrogen (secondary N) is 1. The van der Waals surface area contributed by atoms with Gasteiger partial charge in [-0.1, -0.05) is 6.42 Å². The zero-order valence-corrected chi connectivity index (χ0v) is 8.03. The standard InChI is InChI=1S/C9H16N4/c1-2-13-9(11-7-12-13)6-10-8-4-3-5-8/h7-8,10H,2-6H2,1H3. The minimum atomic E-state index is 0.724. The highest BCUT2D eigenvalue weighted by molar-refractivity contribution is 4.86. The van der Waals surface area contributed by atoms with E-state index < -0.39 is 0 Å². The van der Waals surface area contributed by atoms with Gasteiger partial charge >= 0.3 is 0 Å². The molecular formula is C9H16N4. The number of aryl methyl sites for hydroxylation is 1. The van der Waals surface area contributed by atoms with Crippen LogP contribution in [0.15, 0.2) is 6.33 Å². The van der Waals surface area contributed by atoms with Gasteiger partial charge in [-0.05, 0) is 19.8 Å². The van der Waals surface area contributed by atoms with E-state index in [1.807, 2.05) is 4.68 Å². The number of nitrogens with zero attached hydrogens (tertiary/aromatic N) is 3. The van der Waals surface area contributed by atoms with Gasteiger partial charge < -0.3 is 5.32 Å². The molecule has 0 aliphatic heterocycles. The van der Waals surface area contributed by atoms with Gasteiger partial charge in [-0.15, -0.1) is 0 Å². The molecule has 1 aromatic rings. The van der Waals surface area contributed by atoms with Crippen LogP contribution in [0.25, 0.3) is 0 Å². The van der Waals surface area contributed by atoms with Crippen molar-refractivity contribution in [1.29, 1.82) is 0 Å². The molecule has 1 N–H and O–H groups in total. The topological polar surface area (TPSA) is 42.7 Å². The first kappa shape index (κ1) is 8.69. The molecule has 4 heteroatoms. The smallest absolute Gasteiger partial charge is 0.140 e. The molecule has 1 saturated carbocycles. The monoisotopic (exact) mass is 180 g/mol. The Bertz CT molecular complexity index is 264. The van der Waals surface area contributed by atoms with Gasteiger partial charge in [0.15, 0.2) is 0 Å². The number of rotatable bonds is 4. The Morgan fingerprint density at radius 2 is 2.46 bits per heavy atom. The summed E-state index contributed by atoms with van der Waals surface area (Å²) in [7, 11) is 0. The van der Waals surface area contributed by atoms with Gasteiger partial charge in [0.25, 0.3) is 0 Å². The molecule has 1 aliphatic rings. The number of aromatic nitrogens is 3. The van der Waals surface area contributed by atoms with E-state index in [9.17, 15) is 0 Å². The van der Waals surface area contributed by atoms with Crippen LogP contribution in [0, 0.1) is 0 Å². The largest absolute Gasteiger partial charge is 0.307 e. The van der Waals surface area contributed by atoms with Crippen LogP contribution in [0.5, 0.6) is 0 Å². The molecule has 0 radical (unpaired) electrons. The summed E-state index contributed by atoms with van der Waals surface area (Å²) in [5, 5.41) is 7.59. The van der Waals surface area contributed by atoms with Crippen molar-refractivity contribution in [2.75, 3.05) is 0 Å². The normalized spacial score (nSPS) is 17.3. The van der Waals surface area contributed by atoms with Crippen LogP contribution in [0.3, 0.4) is 0 Å². The van der Waals surface area contributed by atoms with Crippen LogP contribution < -0.4 is 5.32 Å². The zero-order chi connectivity index (χ0) is 9.10. The first-order valence-electron chi connectivity index (χ1n) is 5.00. The maximum Gasteiger partial charge on any atom is 0.140 e. The first-order valence-corrected chi connectivity index (χ1v) is 5.00. The Morgan fingerprint density at radius 1 is 1.62 bits per heavy atom. The second-order valence-corrected chi connectivity index (χ2v) is 3.50. The van der Waals surface area contributed by atoms with E-state index in [0.717, 1.165) is 25.0 Å². The van der Waals surface area contributed by atoms with Gasteiger partial charge in [0.2, 0.25) is 0 Å². The van der Waals surface area contributed by atoms with Crippen LogP contribution in [-0.4, -0.2) is 20.8 Å². The first-order chi connectivity index (χ1) is 6.40. The van der Waals surface area contributed by atoms with E-state index in [0.29, 0.717) is 0 Å². The van der Waals surface area contributed by atoms with Crippen molar-refractivity contribution in [1.82, 2.24) is 20.1 Å². The highest BCUT2D eigenvalue weighted by Gasteiger charge is 2.16. The highest BCUT2D eigenvalue weighted by Crippen LogP contribution is 2.18. The molecule has 72 valence electrons. The Balaban J connectivity index is 1.85. The zero-order valence-electron chi connectivity index (χ0n) is 8.03. The molecule has 1 fully saturated rings. The molecule has 1 aromatic heterocycles. The lowest BCUT2D eigenvalue weighted by atomic mass is 9.93. The van der Waals surface area contributed by atoms with Crippen molar-refractivity contribution >= 4 is 0 Å². The van der Waals surface area contributed by atoms with Crippen molar-refractivity contribution in [3.8, 4) is 0 Å². The second-order valence-electron chi connectivity index (χ2n) is 3.50. The summed E-state index contributed by atoms with van der Waals surface area (Å²) >= 11 is 0. The third-order valence-corrected chi connectivity index (χ3v) is 2.65. The van der Waals surface area contributed by atoms with E-state index >= 15 is 0 Å². The van der Waals surface area contributed by atoms with Crippen LogP contribution in [0.2, 0.25) is 0 Å². The van der Waals surface area contributed by atoms with E-state index in [-0.39, 0.29) is 0 Å². The third-order valence-electron chi connectivity index (χ3n) is 2.65. The molecule has 0 bridgehead atoms. The van der Waals surface area contributed by atoms with Crippen LogP contribution in [0.1, 0.15) is 32.0 Å². The Labute approximate surface area is 78.4 Å². The molecule has 0 amide bonds. The third kappa shape index (κ3) is 1.88. The Kier molecular flexibility index (Phi) is 2.59. The average molecular weight is 180 g/mol. The molecular weight excluding hydrogens is 164 g/mol. The molecule has 1 aliphatic carbocycles. The van der Waals surface area contributed by atoms with Crippen molar-refractivity contribution < 1.29 is 0 Å². The molecule has 0 unspecified atom stereocenters. The van der Waals surface area contributed by atoms with E-state index in [4.69, 9.17) is 0 Å². The van der Waals surface area contributed by atoms with Crippen molar-refractivity contribution in [2.24, 2.45) is 0 Å². The summed E-state index contributed by atoms with van der Waals surface area (Å²) in [5.41, 5.74) is 0. The fourth-order valence-corrected chi connectivity index (χ4v) is 1.54. The lowest BCUT2D eigenvalue weighted by molar-refractivity contribution is 0.332. The fourth-order valence-electron chi connectivity index (χ4n) is 1.54. The summed E-state index contributed by atoms with van der Waals surface area (Å²) in [6.45, 7) is 3.85. The number of hydrogen-bond acceptors (Lipinski definition) is 3. The predicted octanol–water partition coefficient (Wildman–Crippen LogP) is 0.940. The molecule has 2 rings (SSSR count). The second kappa shape index (κ2) is 3.87. The maximum atomic E-state index is 4.21. The summed E-state index contributed by atoms with van der Waals surface area (Å²) in [6, 6.07) is 0.724. The number of hydrogen-bond donors (Lipinski definition) is 1. The van der Waals surface area contributed by atoms with E-state index in [1.165, 1.54) is 19.3 Å². The molecule has 4 nitrogen and oxygen atoms in total.